The molecule has 0 saturated heterocycles. The van der Waals surface area contributed by atoms with Crippen molar-refractivity contribution in [1.82, 2.24) is 10.2 Å². The third-order valence-electron chi connectivity index (χ3n) is 3.74. The summed E-state index contributed by atoms with van der Waals surface area (Å²) in [7, 11) is 0. The minimum atomic E-state index is -0.273. The minimum absolute atomic E-state index is 0.210. The maximum atomic E-state index is 12.4. The highest BCUT2D eigenvalue weighted by molar-refractivity contribution is 8.13. The number of nitriles is 1. The summed E-state index contributed by atoms with van der Waals surface area (Å²) in [5.74, 6) is -0.545. The predicted octanol–water partition coefficient (Wildman–Crippen LogP) is 2.90. The van der Waals surface area contributed by atoms with Crippen molar-refractivity contribution in [1.29, 1.82) is 5.26 Å². The van der Waals surface area contributed by atoms with Crippen molar-refractivity contribution in [3.05, 3.63) is 65.2 Å². The largest absolute Gasteiger partial charge is 0.271 e. The lowest BCUT2D eigenvalue weighted by Crippen LogP contribution is -2.29. The van der Waals surface area contributed by atoms with Gasteiger partial charge < -0.3 is 0 Å². The maximum absolute atomic E-state index is 12.4. The molecule has 6 nitrogen and oxygen atoms in total. The van der Waals surface area contributed by atoms with Crippen molar-refractivity contribution in [2.24, 2.45) is 4.99 Å². The summed E-state index contributed by atoms with van der Waals surface area (Å²) in [6.45, 7) is 0.210. The van der Waals surface area contributed by atoms with Gasteiger partial charge in [-0.2, -0.15) is 5.26 Å². The van der Waals surface area contributed by atoms with Crippen molar-refractivity contribution in [2.75, 3.05) is 6.26 Å². The molecule has 2 aromatic carbocycles. The molecular formula is C18H14N4O2S. The van der Waals surface area contributed by atoms with Crippen LogP contribution in [0.2, 0.25) is 0 Å². The molecule has 124 valence electrons. The number of amidine groups is 1. The van der Waals surface area contributed by atoms with E-state index in [-0.39, 0.29) is 18.4 Å². The van der Waals surface area contributed by atoms with E-state index in [1.807, 2.05) is 24.6 Å². The van der Waals surface area contributed by atoms with Gasteiger partial charge in [-0.15, -0.1) is 0 Å². The summed E-state index contributed by atoms with van der Waals surface area (Å²) in [5, 5.41) is 11.6. The zero-order valence-corrected chi connectivity index (χ0v) is 14.2. The molecule has 1 aliphatic rings. The monoisotopic (exact) mass is 350 g/mol. The Hall–Kier alpha value is -3.11. The van der Waals surface area contributed by atoms with Crippen LogP contribution in [0.3, 0.4) is 0 Å². The highest BCUT2D eigenvalue weighted by atomic mass is 32.2. The molecule has 0 aliphatic carbocycles. The average Bonchev–Trinajstić information content (AvgIpc) is 2.88. The number of amides is 2. The number of nitrogens with zero attached hydrogens (tertiary/aromatic N) is 3. The van der Waals surface area contributed by atoms with Crippen molar-refractivity contribution in [3.8, 4) is 6.19 Å². The fourth-order valence-corrected chi connectivity index (χ4v) is 2.88. The number of rotatable bonds is 3. The summed E-state index contributed by atoms with van der Waals surface area (Å²) in [6, 6.07) is 14.0. The van der Waals surface area contributed by atoms with Crippen LogP contribution < -0.4 is 5.32 Å². The van der Waals surface area contributed by atoms with E-state index in [0.29, 0.717) is 22.0 Å². The smallest absolute Gasteiger partial charge is 0.261 e. The van der Waals surface area contributed by atoms with Crippen molar-refractivity contribution >= 4 is 34.4 Å². The van der Waals surface area contributed by atoms with Gasteiger partial charge in [0.2, 0.25) is 0 Å². The second-order valence-corrected chi connectivity index (χ2v) is 6.06. The van der Waals surface area contributed by atoms with Gasteiger partial charge in [0, 0.05) is 0 Å². The summed E-state index contributed by atoms with van der Waals surface area (Å²) < 4.78 is 0. The molecule has 0 fully saturated rings. The lowest BCUT2D eigenvalue weighted by molar-refractivity contribution is 0.0642. The molecule has 0 saturated carbocycles. The number of hydrogen-bond acceptors (Lipinski definition) is 5. The molecule has 1 N–H and O–H groups in total. The minimum Gasteiger partial charge on any atom is -0.271 e. The van der Waals surface area contributed by atoms with Gasteiger partial charge in [-0.3, -0.25) is 19.8 Å². The zero-order chi connectivity index (χ0) is 17.8. The van der Waals surface area contributed by atoms with Gasteiger partial charge in [0.1, 0.15) is 0 Å². The molecule has 0 aromatic heterocycles. The fraction of sp³-hybridized carbons (Fsp3) is 0.111. The molecule has 0 bridgehead atoms. The summed E-state index contributed by atoms with van der Waals surface area (Å²) in [5.41, 5.74) is 2.40. The van der Waals surface area contributed by atoms with Gasteiger partial charge in [0.05, 0.1) is 23.4 Å². The van der Waals surface area contributed by atoms with E-state index in [4.69, 9.17) is 5.26 Å². The van der Waals surface area contributed by atoms with Gasteiger partial charge >= 0.3 is 0 Å². The van der Waals surface area contributed by atoms with Crippen LogP contribution >= 0.6 is 11.8 Å². The number of fused-ring (bicyclic) bond motifs is 1. The quantitative estimate of drug-likeness (QED) is 0.302. The molecule has 25 heavy (non-hydrogen) atoms. The molecule has 1 aliphatic heterocycles. The van der Waals surface area contributed by atoms with E-state index in [9.17, 15) is 9.59 Å². The van der Waals surface area contributed by atoms with Crippen LogP contribution in [0.5, 0.6) is 0 Å². The molecule has 1 heterocycles. The topological polar surface area (TPSA) is 85.6 Å². The molecule has 0 unspecified atom stereocenters. The van der Waals surface area contributed by atoms with E-state index >= 15 is 0 Å². The SMILES string of the molecule is CSC(=Nc1ccc(CN2C(=O)c3ccccc3C2=O)cc1)NC#N. The number of thioether (sulfide) groups is 1. The first-order valence-electron chi connectivity index (χ1n) is 7.46. The molecule has 0 spiro atoms. The third kappa shape index (κ3) is 3.39. The molecule has 3 rings (SSSR count). The molecule has 2 aromatic rings. The van der Waals surface area contributed by atoms with Gasteiger partial charge in [0.15, 0.2) is 11.4 Å². The van der Waals surface area contributed by atoms with Gasteiger partial charge in [-0.05, 0) is 36.1 Å². The molecule has 2 amide bonds. The Bertz CT molecular complexity index is 865. The maximum Gasteiger partial charge on any atom is 0.261 e. The van der Waals surface area contributed by atoms with E-state index in [2.05, 4.69) is 10.3 Å². The number of nitrogens with one attached hydrogen (secondary N) is 1. The van der Waals surface area contributed by atoms with E-state index < -0.39 is 0 Å². The molecule has 0 radical (unpaired) electrons. The molecule has 7 heteroatoms. The average molecular weight is 350 g/mol. The van der Waals surface area contributed by atoms with Crippen LogP contribution in [-0.2, 0) is 6.54 Å². The van der Waals surface area contributed by atoms with Crippen molar-refractivity contribution in [3.63, 3.8) is 0 Å². The zero-order valence-electron chi connectivity index (χ0n) is 13.4. The Morgan fingerprint density at radius 3 is 2.24 bits per heavy atom. The van der Waals surface area contributed by atoms with Crippen LogP contribution in [0.1, 0.15) is 26.3 Å². The highest BCUT2D eigenvalue weighted by Crippen LogP contribution is 2.25. The summed E-state index contributed by atoms with van der Waals surface area (Å²) >= 11 is 1.33. The Morgan fingerprint density at radius 1 is 1.12 bits per heavy atom. The lowest BCUT2D eigenvalue weighted by Gasteiger charge is -2.13. The Kier molecular flexibility index (Phi) is 4.82. The number of carbonyl (C=O) groups excluding carboxylic acids is 2. The summed E-state index contributed by atoms with van der Waals surface area (Å²) in [4.78, 5) is 30.3. The fourth-order valence-electron chi connectivity index (χ4n) is 2.53. The predicted molar refractivity (Wildman–Crippen MR) is 96.4 cm³/mol. The number of carbonyl (C=O) groups is 2. The number of benzene rings is 2. The number of imide groups is 1. The molecular weight excluding hydrogens is 336 g/mol. The first-order valence-corrected chi connectivity index (χ1v) is 8.68. The normalized spacial score (nSPS) is 13.6. The summed E-state index contributed by atoms with van der Waals surface area (Å²) in [6.07, 6.45) is 3.65. The van der Waals surface area contributed by atoms with Crippen LogP contribution in [0.4, 0.5) is 5.69 Å². The van der Waals surface area contributed by atoms with Gasteiger partial charge in [-0.1, -0.05) is 36.0 Å². The first kappa shape index (κ1) is 16.7. The number of hydrogen-bond donors (Lipinski definition) is 1. The Morgan fingerprint density at radius 2 is 1.72 bits per heavy atom. The van der Waals surface area contributed by atoms with Crippen molar-refractivity contribution < 1.29 is 9.59 Å². The van der Waals surface area contributed by atoms with Gasteiger partial charge in [-0.25, -0.2) is 4.99 Å². The number of aliphatic imine (C=N–C) groups is 1. The lowest BCUT2D eigenvalue weighted by atomic mass is 10.1. The first-order chi connectivity index (χ1) is 12.1. The van der Waals surface area contributed by atoms with Crippen LogP contribution in [-0.4, -0.2) is 28.1 Å². The third-order valence-corrected chi connectivity index (χ3v) is 4.32. The standard InChI is InChI=1S/C18H14N4O2S/c1-25-18(20-11-19)21-13-8-6-12(7-9-13)10-22-16(23)14-4-2-3-5-15(14)17(22)24/h2-9H,10H2,1H3,(H,20,21). The Labute approximate surface area is 149 Å². The van der Waals surface area contributed by atoms with Crippen molar-refractivity contribution in [2.45, 2.75) is 6.54 Å². The Balaban J connectivity index is 1.76. The van der Waals surface area contributed by atoms with Crippen LogP contribution in [0.15, 0.2) is 53.5 Å². The molecule has 0 atom stereocenters. The van der Waals surface area contributed by atoms with Crippen LogP contribution in [0, 0.1) is 11.5 Å². The second kappa shape index (κ2) is 7.20. The highest BCUT2D eigenvalue weighted by Gasteiger charge is 2.34. The second-order valence-electron chi connectivity index (χ2n) is 5.27. The van der Waals surface area contributed by atoms with Crippen LogP contribution in [0.25, 0.3) is 0 Å². The van der Waals surface area contributed by atoms with E-state index in [1.54, 1.807) is 36.4 Å². The van der Waals surface area contributed by atoms with E-state index in [1.165, 1.54) is 16.7 Å². The van der Waals surface area contributed by atoms with E-state index in [0.717, 1.165) is 5.56 Å². The van der Waals surface area contributed by atoms with Gasteiger partial charge in [0.25, 0.3) is 11.8 Å².